The van der Waals surface area contributed by atoms with Crippen molar-refractivity contribution in [2.24, 2.45) is 7.05 Å². The Balaban J connectivity index is 2.98. The van der Waals surface area contributed by atoms with Gasteiger partial charge < -0.3 is 0 Å². The Bertz CT molecular complexity index is 1100. The molecular weight excluding hydrogens is 374 g/mol. The quantitative estimate of drug-likeness (QED) is 0.344. The Labute approximate surface area is 148 Å². The van der Waals surface area contributed by atoms with Crippen molar-refractivity contribution in [1.82, 2.24) is 9.13 Å². The predicted octanol–water partition coefficient (Wildman–Crippen LogP) is 2.28. The number of rotatable bonds is 2. The molecular formula is C16H11F4N3O4. The SMILES string of the molecule is CC#Cc1cc(F)c(-n2c(=O)c(C)c(C(F)(F)F)n(C)c2=O)cc1[N+](=O)[O-]. The van der Waals surface area contributed by atoms with Crippen LogP contribution in [0.2, 0.25) is 0 Å². The molecule has 0 saturated carbocycles. The summed E-state index contributed by atoms with van der Waals surface area (Å²) >= 11 is 0. The third-order valence-corrected chi connectivity index (χ3v) is 3.72. The van der Waals surface area contributed by atoms with Crippen LogP contribution in [-0.4, -0.2) is 14.1 Å². The van der Waals surface area contributed by atoms with Gasteiger partial charge in [-0.2, -0.15) is 13.2 Å². The van der Waals surface area contributed by atoms with Crippen molar-refractivity contribution in [3.63, 3.8) is 0 Å². The normalized spacial score (nSPS) is 11.1. The van der Waals surface area contributed by atoms with Crippen LogP contribution in [0.15, 0.2) is 21.7 Å². The minimum atomic E-state index is -5.00. The zero-order valence-corrected chi connectivity index (χ0v) is 14.1. The van der Waals surface area contributed by atoms with Gasteiger partial charge in [-0.25, -0.2) is 13.8 Å². The Hall–Kier alpha value is -3.42. The minimum Gasteiger partial charge on any atom is -0.292 e. The maximum atomic E-state index is 14.4. The monoisotopic (exact) mass is 385 g/mol. The first kappa shape index (κ1) is 19.9. The first-order valence-corrected chi connectivity index (χ1v) is 7.22. The zero-order chi connectivity index (χ0) is 20.7. The number of aromatic nitrogens is 2. The summed E-state index contributed by atoms with van der Waals surface area (Å²) in [6.07, 6.45) is -5.00. The summed E-state index contributed by atoms with van der Waals surface area (Å²) in [4.78, 5) is 34.9. The van der Waals surface area contributed by atoms with Crippen molar-refractivity contribution in [2.75, 3.05) is 0 Å². The molecule has 1 aromatic heterocycles. The largest absolute Gasteiger partial charge is 0.432 e. The van der Waals surface area contributed by atoms with Gasteiger partial charge in [-0.1, -0.05) is 5.92 Å². The number of hydrogen-bond acceptors (Lipinski definition) is 4. The Morgan fingerprint density at radius 2 is 1.81 bits per heavy atom. The second-order valence-corrected chi connectivity index (χ2v) is 5.41. The Morgan fingerprint density at radius 3 is 2.30 bits per heavy atom. The van der Waals surface area contributed by atoms with Crippen molar-refractivity contribution in [2.45, 2.75) is 20.0 Å². The van der Waals surface area contributed by atoms with Gasteiger partial charge in [0.15, 0.2) is 0 Å². The summed E-state index contributed by atoms with van der Waals surface area (Å²) < 4.78 is 54.0. The fraction of sp³-hybridized carbons (Fsp3) is 0.250. The van der Waals surface area contributed by atoms with Crippen LogP contribution >= 0.6 is 0 Å². The summed E-state index contributed by atoms with van der Waals surface area (Å²) in [6, 6.07) is 1.23. The predicted molar refractivity (Wildman–Crippen MR) is 86.2 cm³/mol. The van der Waals surface area contributed by atoms with Crippen LogP contribution in [0.3, 0.4) is 0 Å². The van der Waals surface area contributed by atoms with Gasteiger partial charge >= 0.3 is 11.9 Å². The van der Waals surface area contributed by atoms with Crippen molar-refractivity contribution in [1.29, 1.82) is 0 Å². The van der Waals surface area contributed by atoms with Gasteiger partial charge in [-0.05, 0) is 19.9 Å². The second-order valence-electron chi connectivity index (χ2n) is 5.41. The molecule has 0 radical (unpaired) electrons. The van der Waals surface area contributed by atoms with E-state index in [1.807, 2.05) is 0 Å². The van der Waals surface area contributed by atoms with E-state index in [0.29, 0.717) is 12.1 Å². The first-order valence-electron chi connectivity index (χ1n) is 7.22. The van der Waals surface area contributed by atoms with Gasteiger partial charge in [0.05, 0.1) is 10.6 Å². The summed E-state index contributed by atoms with van der Waals surface area (Å²) in [5.74, 6) is 3.43. The lowest BCUT2D eigenvalue weighted by Gasteiger charge is -2.17. The van der Waals surface area contributed by atoms with Crippen LogP contribution in [0.5, 0.6) is 0 Å². The van der Waals surface area contributed by atoms with Crippen LogP contribution in [0.25, 0.3) is 5.69 Å². The third kappa shape index (κ3) is 3.33. The highest BCUT2D eigenvalue weighted by Gasteiger charge is 2.38. The zero-order valence-electron chi connectivity index (χ0n) is 14.1. The van der Waals surface area contributed by atoms with Crippen molar-refractivity contribution >= 4 is 5.69 Å². The van der Waals surface area contributed by atoms with E-state index in [9.17, 15) is 37.3 Å². The van der Waals surface area contributed by atoms with Gasteiger partial charge in [-0.15, -0.1) is 5.92 Å². The van der Waals surface area contributed by atoms with Gasteiger partial charge in [0, 0.05) is 18.7 Å². The number of nitro benzene ring substituents is 1. The van der Waals surface area contributed by atoms with Crippen molar-refractivity contribution in [3.8, 4) is 17.5 Å². The maximum Gasteiger partial charge on any atom is 0.432 e. The fourth-order valence-electron chi connectivity index (χ4n) is 2.58. The number of nitro groups is 1. The van der Waals surface area contributed by atoms with Gasteiger partial charge in [0.2, 0.25) is 0 Å². The number of hydrogen-bond donors (Lipinski definition) is 0. The van der Waals surface area contributed by atoms with E-state index in [1.54, 1.807) is 0 Å². The Morgan fingerprint density at radius 1 is 1.22 bits per heavy atom. The molecule has 7 nitrogen and oxygen atoms in total. The molecule has 1 aromatic carbocycles. The Kier molecular flexibility index (Phi) is 4.95. The molecule has 0 bridgehead atoms. The molecule has 0 aliphatic carbocycles. The standard InChI is InChI=1S/C16H11F4N3O4/c1-4-5-9-6-10(17)12(7-11(9)23(26)27)22-14(24)8(2)13(16(18,19)20)21(3)15(22)25/h6-7H,1-3H3. The summed E-state index contributed by atoms with van der Waals surface area (Å²) in [7, 11) is 0.761. The summed E-state index contributed by atoms with van der Waals surface area (Å²) in [5.41, 5.74) is -7.13. The van der Waals surface area contributed by atoms with E-state index in [2.05, 4.69) is 11.8 Å². The van der Waals surface area contributed by atoms with Crippen molar-refractivity contribution < 1.29 is 22.5 Å². The highest BCUT2D eigenvalue weighted by atomic mass is 19.4. The smallest absolute Gasteiger partial charge is 0.292 e. The summed E-state index contributed by atoms with van der Waals surface area (Å²) in [6.45, 7) is 2.18. The topological polar surface area (TPSA) is 87.1 Å². The maximum absolute atomic E-state index is 14.4. The molecule has 0 saturated heterocycles. The lowest BCUT2D eigenvalue weighted by molar-refractivity contribution is -0.385. The molecule has 2 aromatic rings. The molecule has 27 heavy (non-hydrogen) atoms. The van der Waals surface area contributed by atoms with E-state index in [1.165, 1.54) is 6.92 Å². The number of nitrogens with zero attached hydrogens (tertiary/aromatic N) is 3. The average Bonchev–Trinajstić information content (AvgIpc) is 2.54. The van der Waals surface area contributed by atoms with E-state index >= 15 is 0 Å². The molecule has 0 amide bonds. The molecule has 1 heterocycles. The molecule has 142 valence electrons. The average molecular weight is 385 g/mol. The first-order chi connectivity index (χ1) is 12.4. The minimum absolute atomic E-state index is 0.121. The molecule has 0 N–H and O–H groups in total. The fourth-order valence-corrected chi connectivity index (χ4v) is 2.58. The van der Waals surface area contributed by atoms with Gasteiger partial charge in [-0.3, -0.25) is 19.5 Å². The number of alkyl halides is 3. The van der Waals surface area contributed by atoms with Crippen LogP contribution in [0.1, 0.15) is 23.7 Å². The molecule has 11 heteroatoms. The number of benzene rings is 1. The summed E-state index contributed by atoms with van der Waals surface area (Å²) in [5, 5.41) is 11.2. The van der Waals surface area contributed by atoms with Crippen LogP contribution in [0, 0.1) is 34.7 Å². The van der Waals surface area contributed by atoms with Crippen molar-refractivity contribution in [3.05, 3.63) is 65.7 Å². The molecule has 0 atom stereocenters. The van der Waals surface area contributed by atoms with E-state index in [4.69, 9.17) is 0 Å². The molecule has 0 unspecified atom stereocenters. The van der Waals surface area contributed by atoms with Gasteiger partial charge in [0.1, 0.15) is 17.1 Å². The molecule has 0 aliphatic rings. The number of halogens is 4. The van der Waals surface area contributed by atoms with Gasteiger partial charge in [0.25, 0.3) is 11.2 Å². The molecule has 2 rings (SSSR count). The second kappa shape index (κ2) is 6.71. The molecule has 0 aliphatic heterocycles. The van der Waals surface area contributed by atoms with E-state index < -0.39 is 50.8 Å². The lowest BCUT2D eigenvalue weighted by atomic mass is 10.1. The third-order valence-electron chi connectivity index (χ3n) is 3.72. The lowest BCUT2D eigenvalue weighted by Crippen LogP contribution is -2.43. The van der Waals surface area contributed by atoms with E-state index in [-0.39, 0.29) is 14.7 Å². The highest BCUT2D eigenvalue weighted by molar-refractivity contribution is 5.57. The highest BCUT2D eigenvalue weighted by Crippen LogP contribution is 2.30. The van der Waals surface area contributed by atoms with Crippen LogP contribution in [-0.2, 0) is 13.2 Å². The molecule has 0 spiro atoms. The molecule has 0 fully saturated rings. The van der Waals surface area contributed by atoms with Crippen LogP contribution in [0.4, 0.5) is 23.2 Å². The van der Waals surface area contributed by atoms with E-state index in [0.717, 1.165) is 14.0 Å². The van der Waals surface area contributed by atoms with Crippen LogP contribution < -0.4 is 11.2 Å².